The number of likely N-dealkylation sites (N-methyl/N-ethyl adjacent to an activating group) is 1. The van der Waals surface area contributed by atoms with Gasteiger partial charge in [-0.1, -0.05) is 36.4 Å². The van der Waals surface area contributed by atoms with Crippen molar-refractivity contribution in [1.29, 1.82) is 0 Å². The van der Waals surface area contributed by atoms with Gasteiger partial charge in [0.1, 0.15) is 12.3 Å². The van der Waals surface area contributed by atoms with Gasteiger partial charge in [0, 0.05) is 11.6 Å². The van der Waals surface area contributed by atoms with Gasteiger partial charge in [-0.05, 0) is 29.8 Å². The van der Waals surface area contributed by atoms with Crippen LogP contribution in [0.3, 0.4) is 0 Å². The molecule has 0 heterocycles. The molecule has 29 heavy (non-hydrogen) atoms. The molecule has 0 radical (unpaired) electrons. The van der Waals surface area contributed by atoms with Crippen molar-refractivity contribution in [3.8, 4) is 5.75 Å². The molecule has 0 fully saturated rings. The number of quaternary nitrogens is 1. The molecule has 0 aliphatic carbocycles. The average molecular weight is 394 g/mol. The molecule has 0 aliphatic heterocycles. The Kier molecular flexibility index (Phi) is 6.09. The second-order valence-electron chi connectivity index (χ2n) is 7.06. The number of rotatable bonds is 7. The molecule has 3 rings (SSSR count). The van der Waals surface area contributed by atoms with E-state index in [4.69, 9.17) is 4.74 Å². The SMILES string of the molecule is COc1cc([N+](=O)[O-])ccc1NC(=O)[C@H](C)[NH+](C)Cc1ccc2ccccc2c1. The third-order valence-corrected chi connectivity index (χ3v) is 5.08. The third-order valence-electron chi connectivity index (χ3n) is 5.08. The van der Waals surface area contributed by atoms with Crippen LogP contribution in [-0.2, 0) is 11.3 Å². The summed E-state index contributed by atoms with van der Waals surface area (Å²) in [6.45, 7) is 2.54. The van der Waals surface area contributed by atoms with Gasteiger partial charge >= 0.3 is 0 Å². The number of carbonyl (C=O) groups excluding carboxylic acids is 1. The van der Waals surface area contributed by atoms with E-state index in [0.29, 0.717) is 12.2 Å². The Morgan fingerprint density at radius 1 is 1.14 bits per heavy atom. The number of carbonyl (C=O) groups is 1. The van der Waals surface area contributed by atoms with Crippen LogP contribution in [0.2, 0.25) is 0 Å². The summed E-state index contributed by atoms with van der Waals surface area (Å²) in [6, 6.07) is 18.3. The topological polar surface area (TPSA) is 85.9 Å². The van der Waals surface area contributed by atoms with Crippen molar-refractivity contribution in [3.63, 3.8) is 0 Å². The molecule has 0 aromatic heterocycles. The van der Waals surface area contributed by atoms with E-state index in [9.17, 15) is 14.9 Å². The first-order valence-corrected chi connectivity index (χ1v) is 9.32. The molecule has 0 saturated carbocycles. The number of ether oxygens (including phenoxy) is 1. The number of nitro benzene ring substituents is 1. The number of hydrogen-bond donors (Lipinski definition) is 2. The summed E-state index contributed by atoms with van der Waals surface area (Å²) in [5, 5.41) is 16.1. The molecule has 0 spiro atoms. The van der Waals surface area contributed by atoms with Crippen LogP contribution in [-0.4, -0.2) is 31.0 Å². The number of amides is 1. The molecule has 150 valence electrons. The van der Waals surface area contributed by atoms with Gasteiger partial charge in [-0.2, -0.15) is 0 Å². The zero-order valence-corrected chi connectivity index (χ0v) is 16.6. The first kappa shape index (κ1) is 20.3. The molecule has 2 atom stereocenters. The molecular weight excluding hydrogens is 370 g/mol. The molecule has 3 aromatic carbocycles. The zero-order valence-electron chi connectivity index (χ0n) is 16.6. The summed E-state index contributed by atoms with van der Waals surface area (Å²) in [6.07, 6.45) is 0. The Hall–Kier alpha value is -3.45. The standard InChI is InChI=1S/C22H23N3O4/c1-15(22(26)23-20-11-10-19(25(27)28)13-21(20)29-3)24(2)14-16-8-9-17-6-4-5-7-18(17)12-16/h4-13,15H,14H2,1-3H3,(H,23,26)/p+1/t15-/m0/s1. The van der Waals surface area contributed by atoms with Gasteiger partial charge in [-0.3, -0.25) is 14.9 Å². The number of nitrogens with one attached hydrogen (secondary N) is 2. The number of hydrogen-bond acceptors (Lipinski definition) is 4. The Morgan fingerprint density at radius 3 is 2.55 bits per heavy atom. The number of anilines is 1. The van der Waals surface area contributed by atoms with Gasteiger partial charge in [-0.25, -0.2) is 0 Å². The van der Waals surface area contributed by atoms with Crippen LogP contribution in [0.15, 0.2) is 60.7 Å². The second kappa shape index (κ2) is 8.70. The van der Waals surface area contributed by atoms with E-state index in [1.165, 1.54) is 36.1 Å². The van der Waals surface area contributed by atoms with E-state index >= 15 is 0 Å². The van der Waals surface area contributed by atoms with Gasteiger partial charge in [0.25, 0.3) is 11.6 Å². The minimum Gasteiger partial charge on any atom is -0.494 e. The minimum absolute atomic E-state index is 0.0908. The fourth-order valence-corrected chi connectivity index (χ4v) is 3.19. The highest BCUT2D eigenvalue weighted by atomic mass is 16.6. The van der Waals surface area contributed by atoms with Crippen molar-refractivity contribution < 1.29 is 19.4 Å². The molecule has 0 aliphatic rings. The smallest absolute Gasteiger partial charge is 0.282 e. The Bertz CT molecular complexity index is 1050. The van der Waals surface area contributed by atoms with Gasteiger partial charge in [0.05, 0.1) is 30.8 Å². The molecule has 1 amide bonds. The van der Waals surface area contributed by atoms with Crippen molar-refractivity contribution in [2.45, 2.75) is 19.5 Å². The Labute approximate surface area is 169 Å². The summed E-state index contributed by atoms with van der Waals surface area (Å²) < 4.78 is 5.19. The van der Waals surface area contributed by atoms with E-state index in [1.54, 1.807) is 0 Å². The lowest BCUT2D eigenvalue weighted by Crippen LogP contribution is -3.12. The first-order chi connectivity index (χ1) is 13.9. The van der Waals surface area contributed by atoms with Crippen LogP contribution in [0, 0.1) is 10.1 Å². The van der Waals surface area contributed by atoms with Crippen LogP contribution in [0.4, 0.5) is 11.4 Å². The lowest BCUT2D eigenvalue weighted by molar-refractivity contribution is -0.907. The highest BCUT2D eigenvalue weighted by Gasteiger charge is 2.23. The largest absolute Gasteiger partial charge is 0.494 e. The van der Waals surface area contributed by atoms with Crippen molar-refractivity contribution in [3.05, 3.63) is 76.3 Å². The van der Waals surface area contributed by atoms with Gasteiger partial charge < -0.3 is 15.0 Å². The van der Waals surface area contributed by atoms with Crippen LogP contribution in [0.25, 0.3) is 10.8 Å². The van der Waals surface area contributed by atoms with Crippen molar-refractivity contribution in [2.24, 2.45) is 0 Å². The summed E-state index contributed by atoms with van der Waals surface area (Å²) in [4.78, 5) is 24.2. The maximum atomic E-state index is 12.7. The fourth-order valence-electron chi connectivity index (χ4n) is 3.19. The molecule has 1 unspecified atom stereocenters. The molecule has 7 nitrogen and oxygen atoms in total. The number of nitrogens with zero attached hydrogens (tertiary/aromatic N) is 1. The van der Waals surface area contributed by atoms with E-state index in [0.717, 1.165) is 10.5 Å². The fraction of sp³-hybridized carbons (Fsp3) is 0.227. The highest BCUT2D eigenvalue weighted by Crippen LogP contribution is 2.29. The molecule has 0 bridgehead atoms. The third kappa shape index (κ3) is 4.70. The lowest BCUT2D eigenvalue weighted by Gasteiger charge is -2.22. The minimum atomic E-state index is -0.502. The molecule has 7 heteroatoms. The number of methoxy groups -OCH3 is 1. The molecule has 2 N–H and O–H groups in total. The van der Waals surface area contributed by atoms with Crippen molar-refractivity contribution >= 4 is 28.1 Å². The number of fused-ring (bicyclic) bond motifs is 1. The van der Waals surface area contributed by atoms with E-state index in [2.05, 4.69) is 35.6 Å². The first-order valence-electron chi connectivity index (χ1n) is 9.32. The number of non-ortho nitro benzene ring substituents is 1. The molecular formula is C22H24N3O4+. The Balaban J connectivity index is 1.69. The lowest BCUT2D eigenvalue weighted by atomic mass is 10.1. The van der Waals surface area contributed by atoms with Crippen molar-refractivity contribution in [1.82, 2.24) is 0 Å². The van der Waals surface area contributed by atoms with Gasteiger partial charge in [0.2, 0.25) is 0 Å². The van der Waals surface area contributed by atoms with E-state index < -0.39 is 4.92 Å². The second-order valence-corrected chi connectivity index (χ2v) is 7.06. The molecule has 0 saturated heterocycles. The van der Waals surface area contributed by atoms with Crippen LogP contribution in [0.1, 0.15) is 12.5 Å². The van der Waals surface area contributed by atoms with Crippen molar-refractivity contribution in [2.75, 3.05) is 19.5 Å². The van der Waals surface area contributed by atoms with Crippen LogP contribution >= 0.6 is 0 Å². The summed E-state index contributed by atoms with van der Waals surface area (Å²) in [5.74, 6) is 0.0716. The van der Waals surface area contributed by atoms with Gasteiger partial charge in [0.15, 0.2) is 6.04 Å². The predicted molar refractivity (Wildman–Crippen MR) is 112 cm³/mol. The quantitative estimate of drug-likeness (QED) is 0.477. The van der Waals surface area contributed by atoms with Gasteiger partial charge in [-0.15, -0.1) is 0 Å². The monoisotopic (exact) mass is 394 g/mol. The Morgan fingerprint density at radius 2 is 1.86 bits per heavy atom. The number of nitro groups is 1. The van der Waals surface area contributed by atoms with Crippen LogP contribution in [0.5, 0.6) is 5.75 Å². The zero-order chi connectivity index (χ0) is 21.0. The molecule has 3 aromatic rings. The number of benzene rings is 3. The normalized spacial score (nSPS) is 12.9. The summed E-state index contributed by atoms with van der Waals surface area (Å²) >= 11 is 0. The van der Waals surface area contributed by atoms with Crippen LogP contribution < -0.4 is 15.0 Å². The highest BCUT2D eigenvalue weighted by molar-refractivity contribution is 5.95. The van der Waals surface area contributed by atoms with E-state index in [1.807, 2.05) is 26.1 Å². The average Bonchev–Trinajstić information content (AvgIpc) is 2.73. The summed E-state index contributed by atoms with van der Waals surface area (Å²) in [5.41, 5.74) is 1.47. The predicted octanol–water partition coefficient (Wildman–Crippen LogP) is 2.80. The summed E-state index contributed by atoms with van der Waals surface area (Å²) in [7, 11) is 3.38. The van der Waals surface area contributed by atoms with E-state index in [-0.39, 0.29) is 23.4 Å². The maximum Gasteiger partial charge on any atom is 0.282 e. The maximum absolute atomic E-state index is 12.7.